The summed E-state index contributed by atoms with van der Waals surface area (Å²) in [6, 6.07) is 24.5. The SMILES string of the molecule is Cc1cccc(-c2nc(C(=O)Nc3ccc(Cl)cc3)nn2-c2ccccc2)c1. The van der Waals surface area contributed by atoms with Crippen molar-refractivity contribution in [2.75, 3.05) is 5.32 Å². The van der Waals surface area contributed by atoms with Crippen molar-refractivity contribution >= 4 is 23.2 Å². The minimum absolute atomic E-state index is 0.0929. The third-order valence-electron chi connectivity index (χ3n) is 4.19. The summed E-state index contributed by atoms with van der Waals surface area (Å²) in [4.78, 5) is 17.2. The maximum absolute atomic E-state index is 12.7. The fourth-order valence-electron chi connectivity index (χ4n) is 2.85. The molecule has 5 nitrogen and oxygen atoms in total. The summed E-state index contributed by atoms with van der Waals surface area (Å²) in [7, 11) is 0. The highest BCUT2D eigenvalue weighted by atomic mass is 35.5. The van der Waals surface area contributed by atoms with Crippen LogP contribution in [-0.2, 0) is 0 Å². The van der Waals surface area contributed by atoms with Crippen LogP contribution in [0.3, 0.4) is 0 Å². The number of aryl methyl sites for hydroxylation is 1. The highest BCUT2D eigenvalue weighted by molar-refractivity contribution is 6.30. The van der Waals surface area contributed by atoms with Gasteiger partial charge in [0.1, 0.15) is 0 Å². The minimum atomic E-state index is -0.383. The van der Waals surface area contributed by atoms with Crippen molar-refractivity contribution in [3.05, 3.63) is 95.3 Å². The third-order valence-corrected chi connectivity index (χ3v) is 4.44. The van der Waals surface area contributed by atoms with Crippen LogP contribution < -0.4 is 5.32 Å². The third kappa shape index (κ3) is 3.80. The lowest BCUT2D eigenvalue weighted by atomic mass is 10.1. The molecule has 1 N–H and O–H groups in total. The van der Waals surface area contributed by atoms with E-state index in [4.69, 9.17) is 11.6 Å². The average molecular weight is 389 g/mol. The second-order valence-corrected chi connectivity index (χ2v) is 6.77. The predicted molar refractivity (Wildman–Crippen MR) is 111 cm³/mol. The van der Waals surface area contributed by atoms with E-state index < -0.39 is 0 Å². The van der Waals surface area contributed by atoms with Gasteiger partial charge in [0.2, 0.25) is 5.82 Å². The summed E-state index contributed by atoms with van der Waals surface area (Å²) in [5.41, 5.74) is 3.45. The number of amides is 1. The van der Waals surface area contributed by atoms with Crippen LogP contribution in [-0.4, -0.2) is 20.7 Å². The van der Waals surface area contributed by atoms with Gasteiger partial charge >= 0.3 is 0 Å². The minimum Gasteiger partial charge on any atom is -0.319 e. The first-order chi connectivity index (χ1) is 13.6. The molecule has 0 bridgehead atoms. The monoisotopic (exact) mass is 388 g/mol. The Hall–Kier alpha value is -3.44. The van der Waals surface area contributed by atoms with E-state index in [2.05, 4.69) is 15.4 Å². The van der Waals surface area contributed by atoms with Gasteiger partial charge in [-0.25, -0.2) is 9.67 Å². The Balaban J connectivity index is 1.74. The van der Waals surface area contributed by atoms with E-state index in [9.17, 15) is 4.79 Å². The van der Waals surface area contributed by atoms with Gasteiger partial charge in [-0.3, -0.25) is 4.79 Å². The number of para-hydroxylation sites is 1. The van der Waals surface area contributed by atoms with Gasteiger partial charge in [-0.2, -0.15) is 0 Å². The Kier molecular flexibility index (Phi) is 4.91. The Morgan fingerprint density at radius 2 is 1.71 bits per heavy atom. The summed E-state index contributed by atoms with van der Waals surface area (Å²) < 4.78 is 1.69. The molecule has 0 saturated heterocycles. The molecule has 1 amide bonds. The van der Waals surface area contributed by atoms with Gasteiger partial charge in [-0.1, -0.05) is 53.6 Å². The molecule has 0 radical (unpaired) electrons. The first kappa shape index (κ1) is 17.9. The number of rotatable bonds is 4. The number of carbonyl (C=O) groups excluding carboxylic acids is 1. The highest BCUT2D eigenvalue weighted by Crippen LogP contribution is 2.23. The molecule has 0 aliphatic carbocycles. The molecule has 6 heteroatoms. The van der Waals surface area contributed by atoms with Gasteiger partial charge in [0, 0.05) is 16.3 Å². The molecule has 0 fully saturated rings. The van der Waals surface area contributed by atoms with Crippen LogP contribution in [0.25, 0.3) is 17.1 Å². The summed E-state index contributed by atoms with van der Waals surface area (Å²) in [6.07, 6.45) is 0. The first-order valence-corrected chi connectivity index (χ1v) is 9.14. The quantitative estimate of drug-likeness (QED) is 0.526. The van der Waals surface area contributed by atoms with Crippen LogP contribution >= 0.6 is 11.6 Å². The molecule has 3 aromatic carbocycles. The summed E-state index contributed by atoms with van der Waals surface area (Å²) in [5, 5.41) is 7.87. The van der Waals surface area contributed by atoms with E-state index in [-0.39, 0.29) is 11.7 Å². The Morgan fingerprint density at radius 1 is 0.964 bits per heavy atom. The Labute approximate surface area is 167 Å². The Morgan fingerprint density at radius 3 is 2.43 bits per heavy atom. The molecular weight excluding hydrogens is 372 g/mol. The number of nitrogens with one attached hydrogen (secondary N) is 1. The summed E-state index contributed by atoms with van der Waals surface area (Å²) >= 11 is 5.90. The topological polar surface area (TPSA) is 59.8 Å². The van der Waals surface area contributed by atoms with Crippen molar-refractivity contribution in [1.29, 1.82) is 0 Å². The van der Waals surface area contributed by atoms with E-state index >= 15 is 0 Å². The molecule has 138 valence electrons. The van der Waals surface area contributed by atoms with Crippen molar-refractivity contribution < 1.29 is 4.79 Å². The standard InChI is InChI=1S/C22H17ClN4O/c1-15-6-5-7-16(14-15)21-25-20(26-27(21)19-8-3-2-4-9-19)22(28)24-18-12-10-17(23)11-13-18/h2-14H,1H3,(H,24,28). The van der Waals surface area contributed by atoms with Crippen LogP contribution in [0.2, 0.25) is 5.02 Å². The zero-order chi connectivity index (χ0) is 19.5. The summed E-state index contributed by atoms with van der Waals surface area (Å²) in [6.45, 7) is 2.01. The lowest BCUT2D eigenvalue weighted by Gasteiger charge is -2.06. The maximum Gasteiger partial charge on any atom is 0.295 e. The molecule has 0 aliphatic rings. The normalized spacial score (nSPS) is 10.6. The molecular formula is C22H17ClN4O. The van der Waals surface area contributed by atoms with Gasteiger partial charge in [0.25, 0.3) is 5.91 Å². The van der Waals surface area contributed by atoms with Crippen molar-refractivity contribution in [2.45, 2.75) is 6.92 Å². The molecule has 0 unspecified atom stereocenters. The van der Waals surface area contributed by atoms with Crippen LogP contribution in [0, 0.1) is 6.92 Å². The van der Waals surface area contributed by atoms with Gasteiger partial charge in [0.15, 0.2) is 5.82 Å². The van der Waals surface area contributed by atoms with Crippen molar-refractivity contribution in [3.63, 3.8) is 0 Å². The van der Waals surface area contributed by atoms with Gasteiger partial charge < -0.3 is 5.32 Å². The average Bonchev–Trinajstić information content (AvgIpc) is 3.16. The molecule has 0 saturated carbocycles. The second-order valence-electron chi connectivity index (χ2n) is 6.34. The van der Waals surface area contributed by atoms with Gasteiger partial charge in [0.05, 0.1) is 5.69 Å². The highest BCUT2D eigenvalue weighted by Gasteiger charge is 2.19. The van der Waals surface area contributed by atoms with E-state index in [0.717, 1.165) is 16.8 Å². The molecule has 4 aromatic rings. The van der Waals surface area contributed by atoms with Crippen LogP contribution in [0.1, 0.15) is 16.2 Å². The number of benzene rings is 3. The zero-order valence-electron chi connectivity index (χ0n) is 15.1. The second kappa shape index (κ2) is 7.66. The van der Waals surface area contributed by atoms with Crippen LogP contribution in [0.4, 0.5) is 5.69 Å². The number of hydrogen-bond donors (Lipinski definition) is 1. The van der Waals surface area contributed by atoms with E-state index in [1.54, 1.807) is 28.9 Å². The number of hydrogen-bond acceptors (Lipinski definition) is 3. The lowest BCUT2D eigenvalue weighted by molar-refractivity contribution is 0.101. The number of nitrogens with zero attached hydrogens (tertiary/aromatic N) is 3. The number of aromatic nitrogens is 3. The van der Waals surface area contributed by atoms with E-state index in [0.29, 0.717) is 16.5 Å². The van der Waals surface area contributed by atoms with Crippen molar-refractivity contribution in [1.82, 2.24) is 14.8 Å². The molecule has 1 aromatic heterocycles. The van der Waals surface area contributed by atoms with E-state index in [1.165, 1.54) is 0 Å². The van der Waals surface area contributed by atoms with Gasteiger partial charge in [-0.15, -0.1) is 5.10 Å². The van der Waals surface area contributed by atoms with Crippen molar-refractivity contribution in [2.24, 2.45) is 0 Å². The number of anilines is 1. The lowest BCUT2D eigenvalue weighted by Crippen LogP contribution is -2.14. The van der Waals surface area contributed by atoms with Crippen LogP contribution in [0.5, 0.6) is 0 Å². The molecule has 0 aliphatic heterocycles. The molecule has 0 atom stereocenters. The van der Waals surface area contributed by atoms with Gasteiger partial charge in [-0.05, 0) is 49.4 Å². The fraction of sp³-hybridized carbons (Fsp3) is 0.0455. The molecule has 4 rings (SSSR count). The molecule has 0 spiro atoms. The Bertz CT molecular complexity index is 1120. The fourth-order valence-corrected chi connectivity index (χ4v) is 2.97. The zero-order valence-corrected chi connectivity index (χ0v) is 15.9. The smallest absolute Gasteiger partial charge is 0.295 e. The first-order valence-electron chi connectivity index (χ1n) is 8.76. The summed E-state index contributed by atoms with van der Waals surface area (Å²) in [5.74, 6) is 0.317. The largest absolute Gasteiger partial charge is 0.319 e. The number of carbonyl (C=O) groups is 1. The van der Waals surface area contributed by atoms with Crippen LogP contribution in [0.15, 0.2) is 78.9 Å². The van der Waals surface area contributed by atoms with Crippen molar-refractivity contribution in [3.8, 4) is 17.1 Å². The maximum atomic E-state index is 12.7. The predicted octanol–water partition coefficient (Wildman–Crippen LogP) is 5.15. The van der Waals surface area contributed by atoms with E-state index in [1.807, 2.05) is 61.5 Å². The number of halogens is 1. The molecule has 1 heterocycles. The molecule has 28 heavy (non-hydrogen) atoms.